The molecule has 2 atom stereocenters. The van der Waals surface area contributed by atoms with Crippen molar-refractivity contribution in [2.45, 2.75) is 25.6 Å². The average molecular weight is 347 g/mol. The summed E-state index contributed by atoms with van der Waals surface area (Å²) >= 11 is 0. The van der Waals surface area contributed by atoms with Gasteiger partial charge < -0.3 is 10.1 Å². The molecule has 0 fully saturated rings. The van der Waals surface area contributed by atoms with E-state index in [-0.39, 0.29) is 12.2 Å². The standard InChI is InChI=1S/C14H18FNO6S/c1-2-22-14(18)11(8-9-23(19,20)21)16-13(17)12(15)10-6-4-3-5-7-10/h3-7,11-12H,2,8-9H2,1H3,(H,16,17)(H,19,20,21)/t11-,12?/m0/s1. The maximum atomic E-state index is 14.1. The van der Waals surface area contributed by atoms with Crippen molar-refractivity contribution < 1.29 is 31.7 Å². The highest BCUT2D eigenvalue weighted by Crippen LogP contribution is 2.17. The van der Waals surface area contributed by atoms with E-state index in [1.165, 1.54) is 19.1 Å². The van der Waals surface area contributed by atoms with Gasteiger partial charge in [-0.25, -0.2) is 9.18 Å². The first kappa shape index (κ1) is 19.0. The van der Waals surface area contributed by atoms with Crippen LogP contribution in [-0.2, 0) is 24.4 Å². The molecule has 1 aromatic carbocycles. The van der Waals surface area contributed by atoms with Gasteiger partial charge in [0, 0.05) is 0 Å². The Labute approximate surface area is 133 Å². The summed E-state index contributed by atoms with van der Waals surface area (Å²) in [6.07, 6.45) is -2.44. The van der Waals surface area contributed by atoms with Gasteiger partial charge in [-0.3, -0.25) is 9.35 Å². The van der Waals surface area contributed by atoms with Crippen molar-refractivity contribution in [1.29, 1.82) is 0 Å². The molecule has 128 valence electrons. The van der Waals surface area contributed by atoms with Crippen molar-refractivity contribution in [2.75, 3.05) is 12.4 Å². The van der Waals surface area contributed by atoms with Gasteiger partial charge in [-0.1, -0.05) is 30.3 Å². The number of benzene rings is 1. The second-order valence-electron chi connectivity index (χ2n) is 4.66. The van der Waals surface area contributed by atoms with E-state index < -0.39 is 46.4 Å². The van der Waals surface area contributed by atoms with Gasteiger partial charge >= 0.3 is 5.97 Å². The van der Waals surface area contributed by atoms with Crippen LogP contribution < -0.4 is 5.32 Å². The van der Waals surface area contributed by atoms with Crippen LogP contribution in [0.2, 0.25) is 0 Å². The Balaban J connectivity index is 2.78. The Bertz CT molecular complexity index is 634. The van der Waals surface area contributed by atoms with Crippen LogP contribution in [0.5, 0.6) is 0 Å². The molecule has 7 nitrogen and oxygen atoms in total. The Hall–Kier alpha value is -2.00. The Kier molecular flexibility index (Phi) is 7.11. The zero-order chi connectivity index (χ0) is 17.5. The number of halogens is 1. The monoisotopic (exact) mass is 347 g/mol. The zero-order valence-corrected chi connectivity index (χ0v) is 13.3. The average Bonchev–Trinajstić information content (AvgIpc) is 2.50. The maximum Gasteiger partial charge on any atom is 0.328 e. The second-order valence-corrected chi connectivity index (χ2v) is 6.23. The van der Waals surface area contributed by atoms with Crippen LogP contribution in [0, 0.1) is 0 Å². The lowest BCUT2D eigenvalue weighted by Crippen LogP contribution is -2.44. The molecule has 0 aliphatic rings. The predicted octanol–water partition coefficient (Wildman–Crippen LogP) is 1.02. The minimum atomic E-state index is -4.33. The molecule has 0 radical (unpaired) electrons. The first-order chi connectivity index (χ1) is 10.7. The summed E-state index contributed by atoms with van der Waals surface area (Å²) in [6, 6.07) is 6.20. The first-order valence-electron chi connectivity index (χ1n) is 6.85. The van der Waals surface area contributed by atoms with Crippen molar-refractivity contribution in [2.24, 2.45) is 0 Å². The van der Waals surface area contributed by atoms with Crippen molar-refractivity contribution in [3.05, 3.63) is 35.9 Å². The summed E-state index contributed by atoms with van der Waals surface area (Å²) in [5.74, 6) is -2.76. The summed E-state index contributed by atoms with van der Waals surface area (Å²) in [4.78, 5) is 23.6. The number of esters is 1. The van der Waals surface area contributed by atoms with Crippen molar-refractivity contribution in [3.63, 3.8) is 0 Å². The third-order valence-corrected chi connectivity index (χ3v) is 3.63. The number of nitrogens with one attached hydrogen (secondary N) is 1. The highest BCUT2D eigenvalue weighted by molar-refractivity contribution is 7.85. The number of carbonyl (C=O) groups is 2. The predicted molar refractivity (Wildman–Crippen MR) is 79.9 cm³/mol. The molecule has 0 saturated heterocycles. The molecule has 0 spiro atoms. The molecule has 0 saturated carbocycles. The molecule has 1 aromatic rings. The van der Waals surface area contributed by atoms with Gasteiger partial charge in [-0.15, -0.1) is 0 Å². The van der Waals surface area contributed by atoms with Gasteiger partial charge in [0.25, 0.3) is 16.0 Å². The molecular formula is C14H18FNO6S. The zero-order valence-electron chi connectivity index (χ0n) is 12.4. The van der Waals surface area contributed by atoms with Crippen LogP contribution in [-0.4, -0.2) is 43.2 Å². The Morgan fingerprint density at radius 2 is 1.91 bits per heavy atom. The molecule has 0 aliphatic carbocycles. The van der Waals surface area contributed by atoms with E-state index in [1.54, 1.807) is 18.2 Å². The number of rotatable bonds is 8. The molecule has 1 amide bonds. The fourth-order valence-corrected chi connectivity index (χ4v) is 2.31. The molecule has 9 heteroatoms. The fourth-order valence-electron chi connectivity index (χ4n) is 1.78. The molecule has 0 bridgehead atoms. The van der Waals surface area contributed by atoms with Gasteiger partial charge in [0.1, 0.15) is 6.04 Å². The number of amides is 1. The van der Waals surface area contributed by atoms with Crippen molar-refractivity contribution in [3.8, 4) is 0 Å². The van der Waals surface area contributed by atoms with Crippen LogP contribution in [0.3, 0.4) is 0 Å². The molecule has 1 rings (SSSR count). The number of ether oxygens (including phenoxy) is 1. The molecule has 0 aliphatic heterocycles. The molecule has 0 aromatic heterocycles. The minimum Gasteiger partial charge on any atom is -0.464 e. The number of carbonyl (C=O) groups excluding carboxylic acids is 2. The first-order valence-corrected chi connectivity index (χ1v) is 8.46. The van der Waals surface area contributed by atoms with E-state index in [4.69, 9.17) is 9.29 Å². The van der Waals surface area contributed by atoms with Crippen molar-refractivity contribution >= 4 is 22.0 Å². The smallest absolute Gasteiger partial charge is 0.328 e. The summed E-state index contributed by atoms with van der Waals surface area (Å²) in [7, 11) is -4.33. The maximum absolute atomic E-state index is 14.1. The summed E-state index contributed by atoms with van der Waals surface area (Å²) in [6.45, 7) is 1.54. The molecule has 2 N–H and O–H groups in total. The Morgan fingerprint density at radius 3 is 2.43 bits per heavy atom. The third-order valence-electron chi connectivity index (χ3n) is 2.87. The quantitative estimate of drug-likeness (QED) is 0.537. The fraction of sp³-hybridized carbons (Fsp3) is 0.429. The largest absolute Gasteiger partial charge is 0.464 e. The van der Waals surface area contributed by atoms with Gasteiger partial charge in [-0.2, -0.15) is 8.42 Å². The van der Waals surface area contributed by atoms with Crippen LogP contribution in [0.15, 0.2) is 30.3 Å². The van der Waals surface area contributed by atoms with E-state index in [9.17, 15) is 22.4 Å². The van der Waals surface area contributed by atoms with Gasteiger partial charge in [0.15, 0.2) is 0 Å². The lowest BCUT2D eigenvalue weighted by Gasteiger charge is -2.18. The summed E-state index contributed by atoms with van der Waals surface area (Å²) < 4.78 is 49.1. The van der Waals surface area contributed by atoms with E-state index in [1.807, 2.05) is 0 Å². The molecule has 23 heavy (non-hydrogen) atoms. The highest BCUT2D eigenvalue weighted by Gasteiger charge is 2.28. The molecular weight excluding hydrogens is 329 g/mol. The Morgan fingerprint density at radius 1 is 1.30 bits per heavy atom. The van der Waals surface area contributed by atoms with Crippen LogP contribution in [0.4, 0.5) is 4.39 Å². The number of hydrogen-bond acceptors (Lipinski definition) is 5. The van der Waals surface area contributed by atoms with E-state index in [2.05, 4.69) is 5.32 Å². The minimum absolute atomic E-state index is 0.00875. The van der Waals surface area contributed by atoms with Gasteiger partial charge in [-0.05, 0) is 18.9 Å². The molecule has 1 unspecified atom stereocenters. The van der Waals surface area contributed by atoms with E-state index in [0.29, 0.717) is 0 Å². The van der Waals surface area contributed by atoms with E-state index in [0.717, 1.165) is 0 Å². The third kappa shape index (κ3) is 6.74. The lowest BCUT2D eigenvalue weighted by atomic mass is 10.1. The normalized spacial score (nSPS) is 13.9. The molecule has 0 heterocycles. The topological polar surface area (TPSA) is 110 Å². The van der Waals surface area contributed by atoms with E-state index >= 15 is 0 Å². The lowest BCUT2D eigenvalue weighted by molar-refractivity contribution is -0.148. The number of hydrogen-bond donors (Lipinski definition) is 2. The summed E-state index contributed by atoms with van der Waals surface area (Å²) in [5, 5.41) is 2.11. The SMILES string of the molecule is CCOC(=O)[C@H](CCS(=O)(=O)O)NC(=O)C(F)c1ccccc1. The van der Waals surface area contributed by atoms with Gasteiger partial charge in [0.2, 0.25) is 6.17 Å². The van der Waals surface area contributed by atoms with Crippen LogP contribution >= 0.6 is 0 Å². The van der Waals surface area contributed by atoms with Crippen LogP contribution in [0.1, 0.15) is 25.1 Å². The van der Waals surface area contributed by atoms with Crippen molar-refractivity contribution in [1.82, 2.24) is 5.32 Å². The van der Waals surface area contributed by atoms with Gasteiger partial charge in [0.05, 0.1) is 12.4 Å². The highest BCUT2D eigenvalue weighted by atomic mass is 32.2. The van der Waals surface area contributed by atoms with Crippen LogP contribution in [0.25, 0.3) is 0 Å². The second kappa shape index (κ2) is 8.59. The summed E-state index contributed by atoms with van der Waals surface area (Å²) in [5.41, 5.74) is 0.0994. The number of alkyl halides is 1.